The molecule has 0 radical (unpaired) electrons. The van der Waals surface area contributed by atoms with Crippen LogP contribution in [0.1, 0.15) is 95.6 Å². The van der Waals surface area contributed by atoms with Crippen LogP contribution in [-0.4, -0.2) is 0 Å². The van der Waals surface area contributed by atoms with E-state index in [-0.39, 0.29) is 0 Å². The SMILES string of the molecule is CCCCCCCCCCCc1ccc(C(C)C)cc1. The van der Waals surface area contributed by atoms with Crippen molar-refractivity contribution in [3.63, 3.8) is 0 Å². The zero-order chi connectivity index (χ0) is 14.6. The summed E-state index contributed by atoms with van der Waals surface area (Å²) in [6.07, 6.45) is 14.0. The van der Waals surface area contributed by atoms with E-state index in [9.17, 15) is 0 Å². The molecule has 0 unspecified atom stereocenters. The summed E-state index contributed by atoms with van der Waals surface area (Å²) in [7, 11) is 0. The van der Waals surface area contributed by atoms with Gasteiger partial charge in [0, 0.05) is 0 Å². The molecule has 0 fully saturated rings. The Morgan fingerprint density at radius 1 is 0.700 bits per heavy atom. The van der Waals surface area contributed by atoms with Gasteiger partial charge in [-0.3, -0.25) is 0 Å². The van der Waals surface area contributed by atoms with Crippen LogP contribution in [0.15, 0.2) is 24.3 Å². The van der Waals surface area contributed by atoms with E-state index in [4.69, 9.17) is 0 Å². The second-order valence-electron chi connectivity index (χ2n) is 6.47. The predicted octanol–water partition coefficient (Wildman–Crippen LogP) is 6.88. The highest BCUT2D eigenvalue weighted by Crippen LogP contribution is 2.16. The third kappa shape index (κ3) is 7.72. The monoisotopic (exact) mass is 274 g/mol. The first-order chi connectivity index (χ1) is 9.74. The van der Waals surface area contributed by atoms with Crippen molar-refractivity contribution in [2.75, 3.05) is 0 Å². The van der Waals surface area contributed by atoms with Crippen LogP contribution in [0.2, 0.25) is 0 Å². The highest BCUT2D eigenvalue weighted by molar-refractivity contribution is 5.24. The zero-order valence-corrected chi connectivity index (χ0v) is 14.0. The van der Waals surface area contributed by atoms with Gasteiger partial charge in [0.15, 0.2) is 0 Å². The molecule has 0 spiro atoms. The van der Waals surface area contributed by atoms with E-state index in [0.717, 1.165) is 0 Å². The van der Waals surface area contributed by atoms with Crippen molar-refractivity contribution in [3.05, 3.63) is 35.4 Å². The topological polar surface area (TPSA) is 0 Å². The normalized spacial score (nSPS) is 11.2. The molecule has 20 heavy (non-hydrogen) atoms. The minimum absolute atomic E-state index is 0.650. The van der Waals surface area contributed by atoms with Crippen molar-refractivity contribution < 1.29 is 0 Å². The van der Waals surface area contributed by atoms with Crippen LogP contribution in [-0.2, 0) is 6.42 Å². The molecule has 0 heterocycles. The minimum Gasteiger partial charge on any atom is -0.0654 e. The third-order valence-electron chi connectivity index (χ3n) is 4.22. The summed E-state index contributed by atoms with van der Waals surface area (Å²) >= 11 is 0. The molecule has 0 bridgehead atoms. The molecule has 0 aliphatic rings. The van der Waals surface area contributed by atoms with E-state index in [1.165, 1.54) is 75.3 Å². The summed E-state index contributed by atoms with van der Waals surface area (Å²) in [5.74, 6) is 0.650. The maximum absolute atomic E-state index is 2.32. The highest BCUT2D eigenvalue weighted by Gasteiger charge is 1.99. The molecule has 1 aromatic carbocycles. The fourth-order valence-corrected chi connectivity index (χ4v) is 2.71. The van der Waals surface area contributed by atoms with Crippen molar-refractivity contribution >= 4 is 0 Å². The van der Waals surface area contributed by atoms with Crippen LogP contribution in [0.3, 0.4) is 0 Å². The number of benzene rings is 1. The molecule has 0 heteroatoms. The summed E-state index contributed by atoms with van der Waals surface area (Å²) < 4.78 is 0. The highest BCUT2D eigenvalue weighted by atomic mass is 14.0. The number of unbranched alkanes of at least 4 members (excludes halogenated alkanes) is 8. The number of rotatable bonds is 11. The summed E-state index contributed by atoms with van der Waals surface area (Å²) in [5.41, 5.74) is 2.97. The fraction of sp³-hybridized carbons (Fsp3) is 0.700. The van der Waals surface area contributed by atoms with Crippen LogP contribution in [0.4, 0.5) is 0 Å². The summed E-state index contributed by atoms with van der Waals surface area (Å²) in [6.45, 7) is 6.80. The number of aryl methyl sites for hydroxylation is 1. The van der Waals surface area contributed by atoms with Crippen molar-refractivity contribution in [2.24, 2.45) is 0 Å². The Hall–Kier alpha value is -0.780. The van der Waals surface area contributed by atoms with Gasteiger partial charge in [-0.15, -0.1) is 0 Å². The lowest BCUT2D eigenvalue weighted by Gasteiger charge is -2.07. The van der Waals surface area contributed by atoms with Gasteiger partial charge in [0.1, 0.15) is 0 Å². The Bertz CT molecular complexity index is 320. The zero-order valence-electron chi connectivity index (χ0n) is 14.0. The lowest BCUT2D eigenvalue weighted by atomic mass is 9.99. The average molecular weight is 274 g/mol. The second-order valence-corrected chi connectivity index (χ2v) is 6.47. The van der Waals surface area contributed by atoms with Gasteiger partial charge >= 0.3 is 0 Å². The summed E-state index contributed by atoms with van der Waals surface area (Å²) in [4.78, 5) is 0. The Morgan fingerprint density at radius 2 is 1.20 bits per heavy atom. The Labute approximate surface area is 127 Å². The van der Waals surface area contributed by atoms with Gasteiger partial charge in [0.05, 0.1) is 0 Å². The quantitative estimate of drug-likeness (QED) is 0.386. The number of hydrogen-bond acceptors (Lipinski definition) is 0. The predicted molar refractivity (Wildman–Crippen MR) is 91.5 cm³/mol. The average Bonchev–Trinajstić information content (AvgIpc) is 2.46. The lowest BCUT2D eigenvalue weighted by Crippen LogP contribution is -1.90. The molecule has 1 rings (SSSR count). The Balaban J connectivity index is 2.01. The molecule has 0 saturated carbocycles. The van der Waals surface area contributed by atoms with E-state index in [2.05, 4.69) is 45.0 Å². The maximum Gasteiger partial charge on any atom is -0.0219 e. The fourth-order valence-electron chi connectivity index (χ4n) is 2.71. The molecule has 114 valence electrons. The smallest absolute Gasteiger partial charge is 0.0219 e. The molecule has 0 amide bonds. The molecular weight excluding hydrogens is 240 g/mol. The van der Waals surface area contributed by atoms with E-state index >= 15 is 0 Å². The molecule has 1 aromatic rings. The van der Waals surface area contributed by atoms with Gasteiger partial charge in [-0.2, -0.15) is 0 Å². The first-order valence-corrected chi connectivity index (χ1v) is 8.83. The van der Waals surface area contributed by atoms with E-state index in [1.54, 1.807) is 0 Å². The first-order valence-electron chi connectivity index (χ1n) is 8.83. The standard InChI is InChI=1S/C20H34/c1-4-5-6-7-8-9-10-11-12-13-19-14-16-20(17-15-19)18(2)3/h14-18H,4-13H2,1-3H3. The third-order valence-corrected chi connectivity index (χ3v) is 4.22. The van der Waals surface area contributed by atoms with Crippen LogP contribution in [0, 0.1) is 0 Å². The molecular formula is C20H34. The van der Waals surface area contributed by atoms with Gasteiger partial charge in [-0.25, -0.2) is 0 Å². The maximum atomic E-state index is 2.32. The summed E-state index contributed by atoms with van der Waals surface area (Å²) in [6, 6.07) is 9.24. The largest absolute Gasteiger partial charge is 0.0654 e. The molecule has 0 N–H and O–H groups in total. The van der Waals surface area contributed by atoms with Crippen LogP contribution in [0.25, 0.3) is 0 Å². The van der Waals surface area contributed by atoms with Crippen LogP contribution in [0.5, 0.6) is 0 Å². The lowest BCUT2D eigenvalue weighted by molar-refractivity contribution is 0.565. The van der Waals surface area contributed by atoms with Crippen molar-refractivity contribution in [1.82, 2.24) is 0 Å². The van der Waals surface area contributed by atoms with E-state index < -0.39 is 0 Å². The number of hydrogen-bond donors (Lipinski definition) is 0. The molecule has 0 aliphatic carbocycles. The summed E-state index contributed by atoms with van der Waals surface area (Å²) in [5, 5.41) is 0. The van der Waals surface area contributed by atoms with E-state index in [0.29, 0.717) is 5.92 Å². The molecule has 0 aliphatic heterocycles. The Kier molecular flexibility index (Phi) is 9.45. The second kappa shape index (κ2) is 10.9. The molecule has 0 aromatic heterocycles. The van der Waals surface area contributed by atoms with Crippen molar-refractivity contribution in [1.29, 1.82) is 0 Å². The van der Waals surface area contributed by atoms with Gasteiger partial charge in [-0.05, 0) is 29.9 Å². The van der Waals surface area contributed by atoms with Gasteiger partial charge in [-0.1, -0.05) is 96.4 Å². The van der Waals surface area contributed by atoms with Gasteiger partial charge in [0.2, 0.25) is 0 Å². The molecule has 0 atom stereocenters. The van der Waals surface area contributed by atoms with Crippen LogP contribution < -0.4 is 0 Å². The van der Waals surface area contributed by atoms with Crippen molar-refractivity contribution in [2.45, 2.75) is 90.9 Å². The van der Waals surface area contributed by atoms with Crippen LogP contribution >= 0.6 is 0 Å². The van der Waals surface area contributed by atoms with E-state index in [1.807, 2.05) is 0 Å². The molecule has 0 nitrogen and oxygen atoms in total. The van der Waals surface area contributed by atoms with Gasteiger partial charge in [0.25, 0.3) is 0 Å². The van der Waals surface area contributed by atoms with Gasteiger partial charge < -0.3 is 0 Å². The Morgan fingerprint density at radius 3 is 1.70 bits per heavy atom. The molecule has 0 saturated heterocycles. The first kappa shape index (κ1) is 17.3. The van der Waals surface area contributed by atoms with Crippen molar-refractivity contribution in [3.8, 4) is 0 Å². The minimum atomic E-state index is 0.650.